The van der Waals surface area contributed by atoms with Gasteiger partial charge in [0.25, 0.3) is 0 Å². The summed E-state index contributed by atoms with van der Waals surface area (Å²) in [5.74, 6) is 1.94. The lowest BCUT2D eigenvalue weighted by Gasteiger charge is -2.37. The van der Waals surface area contributed by atoms with E-state index in [9.17, 15) is 4.79 Å². The molecule has 1 amide bonds. The number of aliphatic imine (C=N–C) groups is 1. The van der Waals surface area contributed by atoms with Crippen molar-refractivity contribution in [1.82, 2.24) is 35.2 Å². The van der Waals surface area contributed by atoms with Crippen LogP contribution in [-0.4, -0.2) is 94.6 Å². The predicted molar refractivity (Wildman–Crippen MR) is 136 cm³/mol. The molecule has 10 heteroatoms. The first-order chi connectivity index (χ1) is 15.2. The molecule has 4 rings (SSSR count). The van der Waals surface area contributed by atoms with Gasteiger partial charge in [0.05, 0.1) is 6.54 Å². The molecule has 0 saturated carbocycles. The number of nitrogens with zero attached hydrogens (tertiary/aromatic N) is 6. The van der Waals surface area contributed by atoms with E-state index >= 15 is 0 Å². The Morgan fingerprint density at radius 1 is 1.09 bits per heavy atom. The Hall–Kier alpha value is -2.21. The van der Waals surface area contributed by atoms with Crippen LogP contribution in [0.5, 0.6) is 0 Å². The number of guanidine groups is 1. The van der Waals surface area contributed by atoms with E-state index in [2.05, 4.69) is 47.4 Å². The zero-order chi connectivity index (χ0) is 21.5. The smallest absolute Gasteiger partial charge is 0.236 e. The highest BCUT2D eigenvalue weighted by atomic mass is 127. The first-order valence-electron chi connectivity index (χ1n) is 11.1. The Morgan fingerprint density at radius 3 is 2.56 bits per heavy atom. The summed E-state index contributed by atoms with van der Waals surface area (Å²) in [6.45, 7) is 6.55. The molecule has 174 valence electrons. The second-order valence-electron chi connectivity index (χ2n) is 8.14. The molecule has 9 nitrogen and oxygen atoms in total. The lowest BCUT2D eigenvalue weighted by atomic mass is 10.1. The normalized spacial score (nSPS) is 17.7. The predicted octanol–water partition coefficient (Wildman–Crippen LogP) is 1.80. The molecule has 2 saturated heterocycles. The molecule has 2 N–H and O–H groups in total. The molecule has 1 aromatic heterocycles. The Morgan fingerprint density at radius 2 is 1.88 bits per heavy atom. The number of hydrogen-bond donors (Lipinski definition) is 2. The van der Waals surface area contributed by atoms with Gasteiger partial charge in [-0.15, -0.1) is 24.0 Å². The molecule has 0 bridgehead atoms. The van der Waals surface area contributed by atoms with Crippen molar-refractivity contribution in [3.63, 3.8) is 0 Å². The number of carbonyl (C=O) groups excluding carboxylic acids is 1. The van der Waals surface area contributed by atoms with Gasteiger partial charge in [0, 0.05) is 58.4 Å². The summed E-state index contributed by atoms with van der Waals surface area (Å²) < 4.78 is 0. The Balaban J connectivity index is 0.00000289. The van der Waals surface area contributed by atoms with Crippen molar-refractivity contribution in [2.45, 2.75) is 25.8 Å². The molecule has 2 aromatic rings. The largest absolute Gasteiger partial charge is 0.352 e. The molecule has 32 heavy (non-hydrogen) atoms. The zero-order valence-electron chi connectivity index (χ0n) is 18.7. The number of benzene rings is 1. The SMILES string of the molecule is CN=C(NCc1cccc(-c2ncn[nH]2)c1)N1CCN(CC(=O)N2CCCCC2)CC1.I. The first kappa shape index (κ1) is 24.4. The van der Waals surface area contributed by atoms with Crippen LogP contribution < -0.4 is 5.32 Å². The van der Waals surface area contributed by atoms with Crippen LogP contribution in [0.3, 0.4) is 0 Å². The van der Waals surface area contributed by atoms with Gasteiger partial charge in [0.2, 0.25) is 5.91 Å². The standard InChI is InChI=1S/C22H32N8O.HI/c1-23-22(24-15-18-6-5-7-19(14-18)21-25-17-26-27-21)30-12-10-28(11-13-30)16-20(31)29-8-3-2-4-9-29;/h5-7,14,17H,2-4,8-13,15-16H2,1H3,(H,23,24)(H,25,26,27);1H. The number of piperidine rings is 1. The minimum Gasteiger partial charge on any atom is -0.352 e. The average molecular weight is 552 g/mol. The summed E-state index contributed by atoms with van der Waals surface area (Å²) in [7, 11) is 1.82. The molecule has 0 spiro atoms. The highest BCUT2D eigenvalue weighted by Gasteiger charge is 2.24. The van der Waals surface area contributed by atoms with E-state index in [1.165, 1.54) is 12.7 Å². The van der Waals surface area contributed by atoms with Crippen LogP contribution in [0.2, 0.25) is 0 Å². The van der Waals surface area contributed by atoms with Crippen molar-refractivity contribution in [3.05, 3.63) is 36.2 Å². The van der Waals surface area contributed by atoms with Crippen LogP contribution in [0.1, 0.15) is 24.8 Å². The number of likely N-dealkylation sites (tertiary alicyclic amines) is 1. The van der Waals surface area contributed by atoms with Crippen LogP contribution >= 0.6 is 24.0 Å². The lowest BCUT2D eigenvalue weighted by molar-refractivity contribution is -0.133. The highest BCUT2D eigenvalue weighted by molar-refractivity contribution is 14.0. The summed E-state index contributed by atoms with van der Waals surface area (Å²) in [5.41, 5.74) is 2.17. The van der Waals surface area contributed by atoms with Gasteiger partial charge in [-0.3, -0.25) is 19.8 Å². The molecule has 0 unspecified atom stereocenters. The minimum atomic E-state index is 0. The lowest BCUT2D eigenvalue weighted by Crippen LogP contribution is -2.54. The Labute approximate surface area is 206 Å². The van der Waals surface area contributed by atoms with Crippen molar-refractivity contribution in [2.75, 3.05) is 52.9 Å². The van der Waals surface area contributed by atoms with E-state index in [1.54, 1.807) is 0 Å². The molecular formula is C22H33IN8O. The summed E-state index contributed by atoms with van der Waals surface area (Å²) in [6.07, 6.45) is 5.05. The van der Waals surface area contributed by atoms with Crippen LogP contribution in [0.15, 0.2) is 35.6 Å². The second-order valence-corrected chi connectivity index (χ2v) is 8.14. The van der Waals surface area contributed by atoms with Crippen LogP contribution in [-0.2, 0) is 11.3 Å². The number of H-pyrrole nitrogens is 1. The molecule has 3 heterocycles. The molecule has 2 aliphatic rings. The third-order valence-corrected chi connectivity index (χ3v) is 6.02. The number of aromatic nitrogens is 3. The molecule has 0 radical (unpaired) electrons. The monoisotopic (exact) mass is 552 g/mol. The van der Waals surface area contributed by atoms with E-state index in [0.717, 1.165) is 75.0 Å². The summed E-state index contributed by atoms with van der Waals surface area (Å²) in [4.78, 5) is 27.8. The fourth-order valence-corrected chi connectivity index (χ4v) is 4.24. The van der Waals surface area contributed by atoms with Gasteiger partial charge in [0.15, 0.2) is 11.8 Å². The summed E-state index contributed by atoms with van der Waals surface area (Å²) in [5, 5.41) is 10.3. The third kappa shape index (κ3) is 6.41. The van der Waals surface area contributed by atoms with E-state index in [-0.39, 0.29) is 29.9 Å². The van der Waals surface area contributed by atoms with Crippen molar-refractivity contribution in [1.29, 1.82) is 0 Å². The van der Waals surface area contributed by atoms with Crippen molar-refractivity contribution in [2.24, 2.45) is 4.99 Å². The number of carbonyl (C=O) groups is 1. The third-order valence-electron chi connectivity index (χ3n) is 6.02. The first-order valence-corrected chi connectivity index (χ1v) is 11.1. The number of rotatable bonds is 5. The zero-order valence-corrected chi connectivity index (χ0v) is 21.0. The maximum absolute atomic E-state index is 12.5. The number of hydrogen-bond acceptors (Lipinski definition) is 5. The van der Waals surface area contributed by atoms with Crippen LogP contribution in [0.25, 0.3) is 11.4 Å². The number of amides is 1. The van der Waals surface area contributed by atoms with E-state index in [4.69, 9.17) is 0 Å². The molecule has 0 atom stereocenters. The average Bonchev–Trinajstić information content (AvgIpc) is 3.36. The van der Waals surface area contributed by atoms with E-state index in [1.807, 2.05) is 24.1 Å². The Bertz CT molecular complexity index is 874. The molecule has 2 aliphatic heterocycles. The van der Waals surface area contributed by atoms with Crippen molar-refractivity contribution >= 4 is 35.8 Å². The van der Waals surface area contributed by atoms with E-state index < -0.39 is 0 Å². The summed E-state index contributed by atoms with van der Waals surface area (Å²) in [6, 6.07) is 8.23. The van der Waals surface area contributed by atoms with Crippen molar-refractivity contribution in [3.8, 4) is 11.4 Å². The van der Waals surface area contributed by atoms with Gasteiger partial charge in [-0.2, -0.15) is 5.10 Å². The fourth-order valence-electron chi connectivity index (χ4n) is 4.24. The van der Waals surface area contributed by atoms with Gasteiger partial charge in [-0.1, -0.05) is 18.2 Å². The Kier molecular flexibility index (Phi) is 9.27. The minimum absolute atomic E-state index is 0. The maximum Gasteiger partial charge on any atom is 0.236 e. The quantitative estimate of drug-likeness (QED) is 0.334. The fraction of sp³-hybridized carbons (Fsp3) is 0.545. The van der Waals surface area contributed by atoms with Crippen LogP contribution in [0.4, 0.5) is 0 Å². The number of nitrogens with one attached hydrogen (secondary N) is 2. The van der Waals surface area contributed by atoms with Gasteiger partial charge >= 0.3 is 0 Å². The van der Waals surface area contributed by atoms with Gasteiger partial charge < -0.3 is 15.1 Å². The van der Waals surface area contributed by atoms with Crippen molar-refractivity contribution < 1.29 is 4.79 Å². The molecule has 0 aliphatic carbocycles. The number of piperazine rings is 1. The van der Waals surface area contributed by atoms with Gasteiger partial charge in [-0.05, 0) is 30.9 Å². The topological polar surface area (TPSA) is 92.7 Å². The molecule has 1 aromatic carbocycles. The summed E-state index contributed by atoms with van der Waals surface area (Å²) >= 11 is 0. The highest BCUT2D eigenvalue weighted by Crippen LogP contribution is 2.15. The maximum atomic E-state index is 12.5. The number of aromatic amines is 1. The van der Waals surface area contributed by atoms with E-state index in [0.29, 0.717) is 13.1 Å². The van der Waals surface area contributed by atoms with Crippen LogP contribution in [0, 0.1) is 0 Å². The van der Waals surface area contributed by atoms with Gasteiger partial charge in [0.1, 0.15) is 6.33 Å². The molecular weight excluding hydrogens is 519 g/mol. The molecule has 2 fully saturated rings. The van der Waals surface area contributed by atoms with Gasteiger partial charge in [-0.25, -0.2) is 4.98 Å². The second kappa shape index (κ2) is 12.1. The number of halogens is 1.